The number of benzene rings is 2. The minimum absolute atomic E-state index is 0.0462. The topological polar surface area (TPSA) is 57.5 Å². The summed E-state index contributed by atoms with van der Waals surface area (Å²) in [5, 5.41) is 18.5. The summed E-state index contributed by atoms with van der Waals surface area (Å²) < 4.78 is 0. The molecular formula is C18H16O3. The normalized spacial score (nSPS) is 11.3. The van der Waals surface area contributed by atoms with Crippen LogP contribution in [0.1, 0.15) is 16.7 Å². The smallest absolute Gasteiger partial charge is 0.178 e. The van der Waals surface area contributed by atoms with E-state index in [0.717, 1.165) is 11.1 Å². The van der Waals surface area contributed by atoms with Gasteiger partial charge in [0.25, 0.3) is 0 Å². The van der Waals surface area contributed by atoms with E-state index in [4.69, 9.17) is 5.11 Å². The fraction of sp³-hybridized carbons (Fsp3) is 0.0556. The summed E-state index contributed by atoms with van der Waals surface area (Å²) in [7, 11) is 0. The van der Waals surface area contributed by atoms with Crippen LogP contribution in [0.25, 0.3) is 12.2 Å². The number of aromatic hydroxyl groups is 1. The lowest BCUT2D eigenvalue weighted by Crippen LogP contribution is -1.87. The molecule has 0 spiro atoms. The van der Waals surface area contributed by atoms with Crippen LogP contribution in [0.5, 0.6) is 5.75 Å². The summed E-state index contributed by atoms with van der Waals surface area (Å²) in [6.07, 6.45) is 6.35. The second kappa shape index (κ2) is 7.22. The van der Waals surface area contributed by atoms with Crippen LogP contribution in [0.15, 0.2) is 60.7 Å². The number of carbonyl (C=O) groups excluding carboxylic acids is 1. The number of rotatable bonds is 5. The molecule has 21 heavy (non-hydrogen) atoms. The van der Waals surface area contributed by atoms with Crippen molar-refractivity contribution in [1.82, 2.24) is 0 Å². The molecule has 0 saturated carbocycles. The molecule has 0 heterocycles. The van der Waals surface area contributed by atoms with Gasteiger partial charge in [-0.05, 0) is 35.4 Å². The highest BCUT2D eigenvalue weighted by Gasteiger charge is 1.99. The molecule has 0 atom stereocenters. The van der Waals surface area contributed by atoms with Gasteiger partial charge in [-0.3, -0.25) is 4.79 Å². The van der Waals surface area contributed by atoms with E-state index in [2.05, 4.69) is 0 Å². The molecular weight excluding hydrogens is 264 g/mol. The van der Waals surface area contributed by atoms with Gasteiger partial charge in [0.15, 0.2) is 5.78 Å². The van der Waals surface area contributed by atoms with Crippen molar-refractivity contribution in [3.63, 3.8) is 0 Å². The molecule has 2 aromatic rings. The minimum Gasteiger partial charge on any atom is -0.508 e. The maximum absolute atomic E-state index is 11.7. The van der Waals surface area contributed by atoms with E-state index in [1.807, 2.05) is 30.3 Å². The zero-order chi connectivity index (χ0) is 15.1. The summed E-state index contributed by atoms with van der Waals surface area (Å²) in [6, 6.07) is 14.4. The Balaban J connectivity index is 2.04. The zero-order valence-corrected chi connectivity index (χ0v) is 11.4. The van der Waals surface area contributed by atoms with E-state index in [-0.39, 0.29) is 18.1 Å². The molecule has 0 aliphatic carbocycles. The number of aliphatic hydroxyl groups is 1. The highest BCUT2D eigenvalue weighted by Crippen LogP contribution is 2.19. The first-order valence-electron chi connectivity index (χ1n) is 6.57. The average Bonchev–Trinajstić information content (AvgIpc) is 2.53. The lowest BCUT2D eigenvalue weighted by atomic mass is 10.1. The first-order chi connectivity index (χ1) is 10.2. The van der Waals surface area contributed by atoms with Crippen LogP contribution in [0.4, 0.5) is 0 Å². The van der Waals surface area contributed by atoms with Crippen molar-refractivity contribution in [2.45, 2.75) is 6.61 Å². The zero-order valence-electron chi connectivity index (χ0n) is 11.4. The fourth-order valence-corrected chi connectivity index (χ4v) is 1.81. The highest BCUT2D eigenvalue weighted by atomic mass is 16.3. The Morgan fingerprint density at radius 3 is 2.29 bits per heavy atom. The molecule has 0 amide bonds. The molecule has 0 fully saturated rings. The van der Waals surface area contributed by atoms with Gasteiger partial charge in [-0.25, -0.2) is 0 Å². The number of phenols is 1. The van der Waals surface area contributed by atoms with E-state index in [1.165, 1.54) is 18.2 Å². The van der Waals surface area contributed by atoms with Gasteiger partial charge in [0.05, 0.1) is 6.61 Å². The Hall–Kier alpha value is -2.65. The van der Waals surface area contributed by atoms with E-state index in [1.54, 1.807) is 24.3 Å². The molecule has 2 aromatic carbocycles. The molecule has 0 radical (unpaired) electrons. The molecule has 0 aliphatic heterocycles. The third-order valence-corrected chi connectivity index (χ3v) is 2.95. The van der Waals surface area contributed by atoms with Crippen LogP contribution in [0.2, 0.25) is 0 Å². The monoisotopic (exact) mass is 280 g/mol. The third kappa shape index (κ3) is 4.44. The Morgan fingerprint density at radius 1 is 0.952 bits per heavy atom. The SMILES string of the molecule is O=C(C=Cc1ccccc1)C=Cc1ccc(O)c(CO)c1. The minimum atomic E-state index is -0.241. The molecule has 3 heteroatoms. The number of hydrogen-bond acceptors (Lipinski definition) is 3. The Labute approximate surface area is 123 Å². The molecule has 0 aliphatic rings. The molecule has 2 N–H and O–H groups in total. The molecule has 0 unspecified atom stereocenters. The van der Waals surface area contributed by atoms with Crippen molar-refractivity contribution in [3.8, 4) is 5.75 Å². The van der Waals surface area contributed by atoms with Gasteiger partial charge in [0, 0.05) is 5.56 Å². The van der Waals surface area contributed by atoms with Crippen LogP contribution in [-0.2, 0) is 11.4 Å². The molecule has 3 nitrogen and oxygen atoms in total. The maximum atomic E-state index is 11.7. The lowest BCUT2D eigenvalue weighted by Gasteiger charge is -2.01. The van der Waals surface area contributed by atoms with Gasteiger partial charge in [-0.1, -0.05) is 48.6 Å². The highest BCUT2D eigenvalue weighted by molar-refractivity contribution is 6.04. The van der Waals surface area contributed by atoms with Crippen LogP contribution in [-0.4, -0.2) is 16.0 Å². The first kappa shape index (κ1) is 14.8. The summed E-state index contributed by atoms with van der Waals surface area (Å²) >= 11 is 0. The number of hydrogen-bond donors (Lipinski definition) is 2. The summed E-state index contributed by atoms with van der Waals surface area (Å²) in [4.78, 5) is 11.7. The lowest BCUT2D eigenvalue weighted by molar-refractivity contribution is -0.110. The van der Waals surface area contributed by atoms with E-state index < -0.39 is 0 Å². The van der Waals surface area contributed by atoms with Crippen molar-refractivity contribution in [3.05, 3.63) is 77.4 Å². The van der Waals surface area contributed by atoms with Crippen LogP contribution >= 0.6 is 0 Å². The van der Waals surface area contributed by atoms with Crippen molar-refractivity contribution in [2.24, 2.45) is 0 Å². The summed E-state index contributed by atoms with van der Waals surface area (Å²) in [5.41, 5.74) is 2.15. The van der Waals surface area contributed by atoms with Gasteiger partial charge in [-0.2, -0.15) is 0 Å². The van der Waals surface area contributed by atoms with Gasteiger partial charge < -0.3 is 10.2 Å². The van der Waals surface area contributed by atoms with Crippen LogP contribution < -0.4 is 0 Å². The molecule has 2 rings (SSSR count). The van der Waals surface area contributed by atoms with Crippen LogP contribution in [0, 0.1) is 0 Å². The number of carbonyl (C=O) groups is 1. The van der Waals surface area contributed by atoms with Crippen molar-refractivity contribution in [1.29, 1.82) is 0 Å². The van der Waals surface area contributed by atoms with E-state index in [9.17, 15) is 9.90 Å². The van der Waals surface area contributed by atoms with E-state index in [0.29, 0.717) is 5.56 Å². The van der Waals surface area contributed by atoms with Gasteiger partial charge >= 0.3 is 0 Å². The van der Waals surface area contributed by atoms with Gasteiger partial charge in [0.1, 0.15) is 5.75 Å². The van der Waals surface area contributed by atoms with Crippen molar-refractivity contribution in [2.75, 3.05) is 0 Å². The predicted molar refractivity (Wildman–Crippen MR) is 83.5 cm³/mol. The van der Waals surface area contributed by atoms with Crippen LogP contribution in [0.3, 0.4) is 0 Å². The maximum Gasteiger partial charge on any atom is 0.178 e. The molecule has 106 valence electrons. The van der Waals surface area contributed by atoms with Gasteiger partial charge in [-0.15, -0.1) is 0 Å². The van der Waals surface area contributed by atoms with E-state index >= 15 is 0 Å². The fourth-order valence-electron chi connectivity index (χ4n) is 1.81. The summed E-state index contributed by atoms with van der Waals surface area (Å²) in [5.74, 6) is -0.0811. The molecule has 0 aromatic heterocycles. The average molecular weight is 280 g/mol. The Kier molecular flexibility index (Phi) is 5.07. The third-order valence-electron chi connectivity index (χ3n) is 2.95. The predicted octanol–water partition coefficient (Wildman–Crippen LogP) is 3.18. The van der Waals surface area contributed by atoms with Crippen molar-refractivity contribution >= 4 is 17.9 Å². The van der Waals surface area contributed by atoms with Crippen molar-refractivity contribution < 1.29 is 15.0 Å². The Bertz CT molecular complexity index is 670. The largest absolute Gasteiger partial charge is 0.508 e. The quantitative estimate of drug-likeness (QED) is 0.827. The second-order valence-electron chi connectivity index (χ2n) is 4.53. The number of ketones is 1. The summed E-state index contributed by atoms with van der Waals surface area (Å²) in [6.45, 7) is -0.241. The molecule has 0 bridgehead atoms. The second-order valence-corrected chi connectivity index (χ2v) is 4.53. The number of allylic oxidation sites excluding steroid dienone is 2. The molecule has 0 saturated heterocycles. The number of aliphatic hydroxyl groups excluding tert-OH is 1. The van der Waals surface area contributed by atoms with Gasteiger partial charge in [0.2, 0.25) is 0 Å². The first-order valence-corrected chi connectivity index (χ1v) is 6.57. The standard InChI is InChI=1S/C18H16O3/c19-13-16-12-15(8-11-18(16)21)7-10-17(20)9-6-14-4-2-1-3-5-14/h1-12,19,21H,13H2. The Morgan fingerprint density at radius 2 is 1.62 bits per heavy atom.